The molecular formula is C23H23N3O2. The minimum absolute atomic E-state index is 0.744. The average molecular weight is 373 g/mol. The lowest BCUT2D eigenvalue weighted by atomic mass is 10.1. The Hall–Kier alpha value is -3.47. The summed E-state index contributed by atoms with van der Waals surface area (Å²) in [6, 6.07) is 18.0. The van der Waals surface area contributed by atoms with Gasteiger partial charge in [0.15, 0.2) is 0 Å². The second-order valence-electron chi connectivity index (χ2n) is 6.70. The molecule has 4 aromatic rings. The van der Waals surface area contributed by atoms with Gasteiger partial charge in [-0.25, -0.2) is 4.98 Å². The molecular weight excluding hydrogens is 350 g/mol. The molecule has 0 aliphatic carbocycles. The normalized spacial score (nSPS) is 10.9. The predicted molar refractivity (Wildman–Crippen MR) is 113 cm³/mol. The summed E-state index contributed by atoms with van der Waals surface area (Å²) in [7, 11) is 3.32. The van der Waals surface area contributed by atoms with Gasteiger partial charge in [-0.3, -0.25) is 4.40 Å². The molecule has 0 spiro atoms. The number of aromatic nitrogens is 2. The molecule has 0 amide bonds. The molecule has 5 heteroatoms. The third-order valence-electron chi connectivity index (χ3n) is 4.92. The number of nitrogens with one attached hydrogen (secondary N) is 1. The number of aryl methyl sites for hydroxylation is 2. The summed E-state index contributed by atoms with van der Waals surface area (Å²) in [5.41, 5.74) is 5.97. The Labute approximate surface area is 164 Å². The van der Waals surface area contributed by atoms with Gasteiger partial charge in [0.1, 0.15) is 28.7 Å². The summed E-state index contributed by atoms with van der Waals surface area (Å²) < 4.78 is 13.1. The highest BCUT2D eigenvalue weighted by Gasteiger charge is 2.19. The van der Waals surface area contributed by atoms with Crippen molar-refractivity contribution in [1.82, 2.24) is 9.38 Å². The van der Waals surface area contributed by atoms with Crippen LogP contribution in [0.3, 0.4) is 0 Å². The number of para-hydroxylation sites is 1. The van der Waals surface area contributed by atoms with E-state index in [-0.39, 0.29) is 0 Å². The number of ether oxygens (including phenoxy) is 2. The number of rotatable bonds is 5. The fourth-order valence-electron chi connectivity index (χ4n) is 3.43. The molecule has 2 heterocycles. The molecule has 5 nitrogen and oxygen atoms in total. The van der Waals surface area contributed by atoms with Gasteiger partial charge in [0.2, 0.25) is 0 Å². The molecule has 0 bridgehead atoms. The van der Waals surface area contributed by atoms with Crippen LogP contribution in [0.5, 0.6) is 11.5 Å². The van der Waals surface area contributed by atoms with E-state index < -0.39 is 0 Å². The zero-order valence-corrected chi connectivity index (χ0v) is 16.5. The van der Waals surface area contributed by atoms with Crippen LogP contribution < -0.4 is 14.8 Å². The maximum absolute atomic E-state index is 5.62. The lowest BCUT2D eigenvalue weighted by molar-refractivity contribution is 0.404. The summed E-state index contributed by atoms with van der Waals surface area (Å²) in [5.74, 6) is 2.39. The summed E-state index contributed by atoms with van der Waals surface area (Å²) in [6.45, 7) is 4.20. The zero-order chi connectivity index (χ0) is 19.7. The van der Waals surface area contributed by atoms with E-state index in [0.29, 0.717) is 0 Å². The molecule has 0 aliphatic rings. The van der Waals surface area contributed by atoms with Crippen molar-refractivity contribution in [2.24, 2.45) is 0 Å². The Bertz CT molecular complexity index is 1130. The van der Waals surface area contributed by atoms with Crippen molar-refractivity contribution >= 4 is 17.2 Å². The number of methoxy groups -OCH3 is 2. The molecule has 28 heavy (non-hydrogen) atoms. The van der Waals surface area contributed by atoms with Crippen molar-refractivity contribution in [2.45, 2.75) is 13.8 Å². The van der Waals surface area contributed by atoms with Crippen molar-refractivity contribution in [3.8, 4) is 22.8 Å². The topological polar surface area (TPSA) is 47.8 Å². The van der Waals surface area contributed by atoms with Crippen LogP contribution in [0, 0.1) is 13.8 Å². The fourth-order valence-corrected chi connectivity index (χ4v) is 3.43. The summed E-state index contributed by atoms with van der Waals surface area (Å²) >= 11 is 0. The van der Waals surface area contributed by atoms with Crippen molar-refractivity contribution in [3.63, 3.8) is 0 Å². The van der Waals surface area contributed by atoms with Crippen LogP contribution in [0.25, 0.3) is 16.9 Å². The number of fused-ring (bicyclic) bond motifs is 1. The fraction of sp³-hybridized carbons (Fsp3) is 0.174. The molecule has 0 radical (unpaired) electrons. The molecule has 2 aromatic carbocycles. The summed E-state index contributed by atoms with van der Waals surface area (Å²) in [5, 5.41) is 3.62. The van der Waals surface area contributed by atoms with Crippen LogP contribution >= 0.6 is 0 Å². The second-order valence-corrected chi connectivity index (χ2v) is 6.70. The molecule has 0 atom stereocenters. The lowest BCUT2D eigenvalue weighted by Crippen LogP contribution is -2.01. The van der Waals surface area contributed by atoms with Gasteiger partial charge < -0.3 is 14.8 Å². The number of hydrogen-bond acceptors (Lipinski definition) is 4. The molecule has 0 unspecified atom stereocenters. The van der Waals surface area contributed by atoms with Gasteiger partial charge in [-0.2, -0.15) is 0 Å². The third-order valence-corrected chi connectivity index (χ3v) is 4.92. The number of benzene rings is 2. The summed E-state index contributed by atoms with van der Waals surface area (Å²) in [6.07, 6.45) is 2.01. The van der Waals surface area contributed by atoms with Crippen LogP contribution in [0.2, 0.25) is 0 Å². The van der Waals surface area contributed by atoms with Gasteiger partial charge in [-0.15, -0.1) is 0 Å². The van der Waals surface area contributed by atoms with Crippen LogP contribution in [-0.2, 0) is 0 Å². The van der Waals surface area contributed by atoms with Gasteiger partial charge in [0, 0.05) is 17.4 Å². The SMILES string of the molecule is COc1ccc(OC)c(-c2nc3ccccn3c2Nc2c(C)cccc2C)c1. The Morgan fingerprint density at radius 2 is 1.68 bits per heavy atom. The Morgan fingerprint density at radius 1 is 0.893 bits per heavy atom. The van der Waals surface area contributed by atoms with Crippen LogP contribution in [0.1, 0.15) is 11.1 Å². The lowest BCUT2D eigenvalue weighted by Gasteiger charge is -2.15. The molecule has 4 rings (SSSR count). The number of imidazole rings is 1. The maximum Gasteiger partial charge on any atom is 0.143 e. The van der Waals surface area contributed by atoms with E-state index in [1.54, 1.807) is 14.2 Å². The van der Waals surface area contributed by atoms with E-state index >= 15 is 0 Å². The Morgan fingerprint density at radius 3 is 2.39 bits per heavy atom. The van der Waals surface area contributed by atoms with Crippen molar-refractivity contribution in [3.05, 3.63) is 71.9 Å². The molecule has 142 valence electrons. The van der Waals surface area contributed by atoms with Gasteiger partial charge in [-0.1, -0.05) is 24.3 Å². The highest BCUT2D eigenvalue weighted by molar-refractivity contribution is 5.84. The van der Waals surface area contributed by atoms with E-state index in [0.717, 1.165) is 39.9 Å². The van der Waals surface area contributed by atoms with E-state index in [2.05, 4.69) is 41.8 Å². The minimum atomic E-state index is 0.744. The molecule has 0 aliphatic heterocycles. The predicted octanol–water partition coefficient (Wildman–Crippen LogP) is 5.38. The monoisotopic (exact) mass is 373 g/mol. The highest BCUT2D eigenvalue weighted by Crippen LogP contribution is 2.39. The van der Waals surface area contributed by atoms with Crippen molar-refractivity contribution < 1.29 is 9.47 Å². The van der Waals surface area contributed by atoms with Crippen molar-refractivity contribution in [1.29, 1.82) is 0 Å². The smallest absolute Gasteiger partial charge is 0.143 e. The van der Waals surface area contributed by atoms with Gasteiger partial charge in [0.25, 0.3) is 0 Å². The third kappa shape index (κ3) is 3.05. The van der Waals surface area contributed by atoms with Crippen LogP contribution in [-0.4, -0.2) is 23.6 Å². The van der Waals surface area contributed by atoms with Crippen LogP contribution in [0.4, 0.5) is 11.5 Å². The first-order valence-corrected chi connectivity index (χ1v) is 9.15. The van der Waals surface area contributed by atoms with E-state index in [1.807, 2.05) is 42.6 Å². The largest absolute Gasteiger partial charge is 0.497 e. The van der Waals surface area contributed by atoms with Gasteiger partial charge >= 0.3 is 0 Å². The highest BCUT2D eigenvalue weighted by atomic mass is 16.5. The first-order chi connectivity index (χ1) is 13.6. The van der Waals surface area contributed by atoms with Crippen molar-refractivity contribution in [2.75, 3.05) is 19.5 Å². The Balaban J connectivity index is 1.97. The minimum Gasteiger partial charge on any atom is -0.497 e. The first kappa shape index (κ1) is 17.9. The van der Waals surface area contributed by atoms with Gasteiger partial charge in [0.05, 0.1) is 14.2 Å². The van der Waals surface area contributed by atoms with E-state index in [4.69, 9.17) is 14.5 Å². The maximum atomic E-state index is 5.62. The molecule has 1 N–H and O–H groups in total. The summed E-state index contributed by atoms with van der Waals surface area (Å²) in [4.78, 5) is 4.89. The number of pyridine rings is 1. The van der Waals surface area contributed by atoms with Gasteiger partial charge in [-0.05, 0) is 55.3 Å². The first-order valence-electron chi connectivity index (χ1n) is 9.15. The molecule has 0 saturated carbocycles. The second kappa shape index (κ2) is 7.27. The zero-order valence-electron chi connectivity index (χ0n) is 16.5. The molecule has 0 saturated heterocycles. The standard InChI is InChI=1S/C23H23N3O2/c1-15-8-7-9-16(2)21(15)25-23-22(24-20-10-5-6-13-26(20)23)18-14-17(27-3)11-12-19(18)28-4/h5-14,25H,1-4H3. The number of nitrogens with zero attached hydrogens (tertiary/aromatic N) is 2. The molecule has 2 aromatic heterocycles. The Kier molecular flexibility index (Phi) is 4.65. The number of hydrogen-bond donors (Lipinski definition) is 1. The van der Waals surface area contributed by atoms with E-state index in [9.17, 15) is 0 Å². The average Bonchev–Trinajstić information content (AvgIpc) is 3.08. The van der Waals surface area contributed by atoms with Crippen LogP contribution in [0.15, 0.2) is 60.8 Å². The quantitative estimate of drug-likeness (QED) is 0.510. The van der Waals surface area contributed by atoms with E-state index in [1.165, 1.54) is 11.1 Å². The number of anilines is 2. The molecule has 0 fully saturated rings.